The molecule has 1 aliphatic heterocycles. The molecule has 4 rings (SSSR count). The molecule has 0 unspecified atom stereocenters. The van der Waals surface area contributed by atoms with E-state index in [2.05, 4.69) is 56.9 Å². The lowest BCUT2D eigenvalue weighted by atomic mass is 9.89. The molecule has 0 spiro atoms. The van der Waals surface area contributed by atoms with Gasteiger partial charge in [0.05, 0.1) is 11.1 Å². The predicted molar refractivity (Wildman–Crippen MR) is 124 cm³/mol. The van der Waals surface area contributed by atoms with Gasteiger partial charge in [0.2, 0.25) is 5.91 Å². The molecule has 3 aromatic rings. The van der Waals surface area contributed by atoms with Crippen LogP contribution in [0.15, 0.2) is 24.3 Å². The maximum atomic E-state index is 13.1. The van der Waals surface area contributed by atoms with Gasteiger partial charge >= 0.3 is 0 Å². The largest absolute Gasteiger partial charge is 0.346 e. The van der Waals surface area contributed by atoms with Gasteiger partial charge in [-0.25, -0.2) is 0 Å². The van der Waals surface area contributed by atoms with Crippen LogP contribution in [0, 0.1) is 13.8 Å². The van der Waals surface area contributed by atoms with E-state index in [1.54, 1.807) is 11.3 Å². The fourth-order valence-electron chi connectivity index (χ4n) is 4.48. The number of halogens is 1. The number of nitrogens with one attached hydrogen (secondary N) is 1. The summed E-state index contributed by atoms with van der Waals surface area (Å²) in [4.78, 5) is 21.1. The maximum Gasteiger partial charge on any atom is 0.233 e. The van der Waals surface area contributed by atoms with E-state index in [1.165, 1.54) is 27.6 Å². The average Bonchev–Trinajstić information content (AvgIpc) is 3.38. The summed E-state index contributed by atoms with van der Waals surface area (Å²) in [5, 5.41) is 1.21. The van der Waals surface area contributed by atoms with Gasteiger partial charge in [0.1, 0.15) is 4.83 Å². The van der Waals surface area contributed by atoms with Gasteiger partial charge in [-0.3, -0.25) is 4.79 Å². The molecule has 0 radical (unpaired) electrons. The first-order valence-electron chi connectivity index (χ1n) is 10.4. The van der Waals surface area contributed by atoms with Crippen LogP contribution < -0.4 is 0 Å². The number of alkyl halides is 1. The number of aryl methyl sites for hydroxylation is 3. The van der Waals surface area contributed by atoms with Crippen LogP contribution in [0.3, 0.4) is 0 Å². The van der Waals surface area contributed by atoms with Crippen LogP contribution >= 0.6 is 22.9 Å². The molecule has 1 fully saturated rings. The molecule has 3 heterocycles. The van der Waals surface area contributed by atoms with Gasteiger partial charge in [0, 0.05) is 29.2 Å². The molecular weight excluding hydrogens is 400 g/mol. The number of likely N-dealkylation sites (tertiary alicyclic amines) is 1. The van der Waals surface area contributed by atoms with Crippen molar-refractivity contribution in [2.45, 2.75) is 52.4 Å². The van der Waals surface area contributed by atoms with Gasteiger partial charge in [0.15, 0.2) is 0 Å². The lowest BCUT2D eigenvalue weighted by Gasteiger charge is -2.28. The summed E-state index contributed by atoms with van der Waals surface area (Å²) >= 11 is 7.89. The van der Waals surface area contributed by atoms with Crippen LogP contribution in [0.2, 0.25) is 0 Å². The Morgan fingerprint density at radius 1 is 1.14 bits per heavy atom. The van der Waals surface area contributed by atoms with Crippen LogP contribution in [0.25, 0.3) is 21.5 Å². The Morgan fingerprint density at radius 2 is 1.79 bits per heavy atom. The average molecular weight is 429 g/mol. The molecule has 3 nitrogen and oxygen atoms in total. The van der Waals surface area contributed by atoms with Crippen molar-refractivity contribution < 1.29 is 4.79 Å². The summed E-state index contributed by atoms with van der Waals surface area (Å²) in [7, 11) is 0. The smallest absolute Gasteiger partial charge is 0.233 e. The van der Waals surface area contributed by atoms with Crippen molar-refractivity contribution in [3.8, 4) is 11.3 Å². The summed E-state index contributed by atoms with van der Waals surface area (Å²) in [5.74, 6) is 0.818. The number of aromatic nitrogens is 1. The highest BCUT2D eigenvalue weighted by molar-refractivity contribution is 7.19. The number of hydrogen-bond acceptors (Lipinski definition) is 2. The number of rotatable bonds is 5. The normalized spacial score (nSPS) is 14.9. The Labute approximate surface area is 182 Å². The van der Waals surface area contributed by atoms with Crippen LogP contribution in [-0.4, -0.2) is 34.8 Å². The zero-order valence-electron chi connectivity index (χ0n) is 17.7. The fraction of sp³-hybridized carbons (Fsp3) is 0.458. The van der Waals surface area contributed by atoms with Crippen LogP contribution in [-0.2, 0) is 16.6 Å². The maximum absolute atomic E-state index is 13.1. The Balaban J connectivity index is 1.77. The summed E-state index contributed by atoms with van der Waals surface area (Å²) in [5.41, 5.74) is 5.63. The molecule has 29 heavy (non-hydrogen) atoms. The van der Waals surface area contributed by atoms with E-state index in [0.717, 1.165) is 47.8 Å². The number of nitrogens with zero attached hydrogens (tertiary/aromatic N) is 1. The molecule has 1 amide bonds. The quantitative estimate of drug-likeness (QED) is 0.483. The van der Waals surface area contributed by atoms with Crippen LogP contribution in [0.5, 0.6) is 0 Å². The summed E-state index contributed by atoms with van der Waals surface area (Å²) in [6.07, 6.45) is 3.04. The number of H-pyrrole nitrogens is 1. The van der Waals surface area contributed by atoms with Gasteiger partial charge < -0.3 is 9.88 Å². The number of carbonyl (C=O) groups is 1. The Kier molecular flexibility index (Phi) is 5.52. The second kappa shape index (κ2) is 7.81. The van der Waals surface area contributed by atoms with E-state index in [-0.39, 0.29) is 5.91 Å². The Hall–Kier alpha value is -1.78. The van der Waals surface area contributed by atoms with Crippen molar-refractivity contribution in [1.82, 2.24) is 9.88 Å². The number of benzene rings is 1. The third-order valence-corrected chi connectivity index (χ3v) is 7.56. The SMILES string of the molecule is Cc1cc(C)cc(-c2[nH]c3sc(C(C)(C)C(=O)N4CCCC4)cc3c2CCCl)c1. The molecular formula is C24H29ClN2OS. The van der Waals surface area contributed by atoms with E-state index in [9.17, 15) is 4.79 Å². The molecule has 154 valence electrons. The minimum absolute atomic E-state index is 0.243. The summed E-state index contributed by atoms with van der Waals surface area (Å²) in [6.45, 7) is 10.2. The Morgan fingerprint density at radius 3 is 2.41 bits per heavy atom. The standard InChI is InChI=1S/C24H29ClN2OS/c1-15-11-16(2)13-17(12-15)21-18(7-8-25)19-14-20(29-22(19)26-21)24(3,4)23(28)27-9-5-6-10-27/h11-14,26H,5-10H2,1-4H3. The molecule has 5 heteroatoms. The minimum Gasteiger partial charge on any atom is -0.346 e. The molecule has 0 aliphatic carbocycles. The second-order valence-electron chi connectivity index (χ2n) is 8.77. The van der Waals surface area contributed by atoms with E-state index < -0.39 is 5.41 Å². The molecule has 1 aromatic carbocycles. The van der Waals surface area contributed by atoms with E-state index >= 15 is 0 Å². The van der Waals surface area contributed by atoms with Crippen molar-refractivity contribution >= 4 is 39.1 Å². The topological polar surface area (TPSA) is 36.1 Å². The lowest BCUT2D eigenvalue weighted by Crippen LogP contribution is -2.41. The van der Waals surface area contributed by atoms with Crippen molar-refractivity contribution in [2.75, 3.05) is 19.0 Å². The number of hydrogen-bond donors (Lipinski definition) is 1. The third-order valence-electron chi connectivity index (χ3n) is 6.00. The molecule has 0 atom stereocenters. The molecule has 0 saturated carbocycles. The second-order valence-corrected chi connectivity index (χ2v) is 10.2. The fourth-order valence-corrected chi connectivity index (χ4v) is 5.85. The van der Waals surface area contributed by atoms with E-state index in [1.807, 2.05) is 4.90 Å². The number of aromatic amines is 1. The highest BCUT2D eigenvalue weighted by Crippen LogP contribution is 2.41. The molecule has 1 saturated heterocycles. The zero-order chi connectivity index (χ0) is 20.8. The number of thiophene rings is 1. The van der Waals surface area contributed by atoms with Gasteiger partial charge in [-0.2, -0.15) is 0 Å². The van der Waals surface area contributed by atoms with E-state index in [4.69, 9.17) is 11.6 Å². The monoisotopic (exact) mass is 428 g/mol. The first kappa shape index (κ1) is 20.5. The molecule has 2 aromatic heterocycles. The van der Waals surface area contributed by atoms with Crippen molar-refractivity contribution in [3.63, 3.8) is 0 Å². The minimum atomic E-state index is -0.507. The van der Waals surface area contributed by atoms with Gasteiger partial charge in [-0.05, 0) is 76.3 Å². The van der Waals surface area contributed by atoms with Crippen molar-refractivity contribution in [3.05, 3.63) is 45.8 Å². The summed E-state index contributed by atoms with van der Waals surface area (Å²) in [6, 6.07) is 8.86. The Bertz CT molecular complexity index is 1040. The number of fused-ring (bicyclic) bond motifs is 1. The van der Waals surface area contributed by atoms with Crippen molar-refractivity contribution in [2.24, 2.45) is 0 Å². The van der Waals surface area contributed by atoms with Gasteiger partial charge in [0.25, 0.3) is 0 Å². The zero-order valence-corrected chi connectivity index (χ0v) is 19.3. The molecule has 0 bridgehead atoms. The highest BCUT2D eigenvalue weighted by Gasteiger charge is 2.36. The third kappa shape index (κ3) is 3.73. The summed E-state index contributed by atoms with van der Waals surface area (Å²) < 4.78 is 0. The van der Waals surface area contributed by atoms with Gasteiger partial charge in [-0.15, -0.1) is 22.9 Å². The first-order valence-corrected chi connectivity index (χ1v) is 11.7. The van der Waals surface area contributed by atoms with Crippen LogP contribution in [0.1, 0.15) is 48.3 Å². The number of amides is 1. The molecule has 1 N–H and O–H groups in total. The lowest BCUT2D eigenvalue weighted by molar-refractivity contribution is -0.135. The molecule has 1 aliphatic rings. The first-order chi connectivity index (χ1) is 13.8. The predicted octanol–water partition coefficient (Wildman–Crippen LogP) is 6.19. The van der Waals surface area contributed by atoms with Crippen molar-refractivity contribution in [1.29, 1.82) is 0 Å². The highest BCUT2D eigenvalue weighted by atomic mass is 35.5. The van der Waals surface area contributed by atoms with Gasteiger partial charge in [-0.1, -0.05) is 17.2 Å². The number of carbonyl (C=O) groups excluding carboxylic acids is 1. The van der Waals surface area contributed by atoms with Crippen LogP contribution in [0.4, 0.5) is 0 Å². The van der Waals surface area contributed by atoms with E-state index in [0.29, 0.717) is 5.88 Å².